The Hall–Kier alpha value is -0.610. The van der Waals surface area contributed by atoms with Crippen LogP contribution < -0.4 is 5.32 Å². The van der Waals surface area contributed by atoms with E-state index >= 15 is 0 Å². The number of nitrogens with zero attached hydrogens (tertiary/aromatic N) is 1. The molecule has 3 rings (SSSR count). The third-order valence-corrected chi connectivity index (χ3v) is 5.83. The number of amides is 1. The molecule has 2 saturated heterocycles. The van der Waals surface area contributed by atoms with Crippen LogP contribution in [0, 0.1) is 17.3 Å². The van der Waals surface area contributed by atoms with Crippen LogP contribution in [-0.2, 0) is 9.53 Å². The highest BCUT2D eigenvalue weighted by atomic mass is 16.5. The first kappa shape index (κ1) is 15.3. The average molecular weight is 294 g/mol. The van der Waals surface area contributed by atoms with E-state index in [9.17, 15) is 4.79 Å². The van der Waals surface area contributed by atoms with Gasteiger partial charge in [0.05, 0.1) is 12.0 Å². The molecule has 0 aromatic heterocycles. The first-order valence-corrected chi connectivity index (χ1v) is 8.84. The summed E-state index contributed by atoms with van der Waals surface area (Å²) in [4.78, 5) is 15.4. The van der Waals surface area contributed by atoms with Gasteiger partial charge in [-0.05, 0) is 51.0 Å². The minimum atomic E-state index is -0.0776. The molecular formula is C17H30N2O2. The fraction of sp³-hybridized carbons (Fsp3) is 0.941. The molecule has 3 atom stereocenters. The lowest BCUT2D eigenvalue weighted by atomic mass is 9.67. The normalized spacial score (nSPS) is 36.5. The zero-order valence-corrected chi connectivity index (χ0v) is 13.4. The molecule has 1 saturated carbocycles. The van der Waals surface area contributed by atoms with Crippen molar-refractivity contribution in [1.29, 1.82) is 0 Å². The molecule has 1 N–H and O–H groups in total. The molecule has 120 valence electrons. The molecule has 2 heterocycles. The summed E-state index contributed by atoms with van der Waals surface area (Å²) >= 11 is 0. The number of carbonyl (C=O) groups excluding carboxylic acids is 1. The van der Waals surface area contributed by atoms with Gasteiger partial charge in [-0.3, -0.25) is 4.79 Å². The van der Waals surface area contributed by atoms with Crippen LogP contribution >= 0.6 is 0 Å². The number of carbonyl (C=O) groups is 1. The Morgan fingerprint density at radius 1 is 1.33 bits per heavy atom. The number of hydrogen-bond donors (Lipinski definition) is 1. The first-order valence-electron chi connectivity index (χ1n) is 8.84. The van der Waals surface area contributed by atoms with Crippen LogP contribution in [0.15, 0.2) is 0 Å². The van der Waals surface area contributed by atoms with E-state index < -0.39 is 0 Å². The maximum atomic E-state index is 13.2. The van der Waals surface area contributed by atoms with Crippen molar-refractivity contribution in [2.24, 2.45) is 17.3 Å². The quantitative estimate of drug-likeness (QED) is 0.863. The van der Waals surface area contributed by atoms with E-state index in [1.54, 1.807) is 0 Å². The van der Waals surface area contributed by atoms with E-state index in [0.29, 0.717) is 17.7 Å². The number of likely N-dealkylation sites (tertiary alicyclic amines) is 1. The number of rotatable bonds is 4. The summed E-state index contributed by atoms with van der Waals surface area (Å²) in [6, 6.07) is 0. The van der Waals surface area contributed by atoms with E-state index in [-0.39, 0.29) is 5.41 Å². The Labute approximate surface area is 128 Å². The van der Waals surface area contributed by atoms with Crippen molar-refractivity contribution in [2.45, 2.75) is 45.4 Å². The second kappa shape index (κ2) is 6.66. The number of hydrogen-bond acceptors (Lipinski definition) is 3. The molecule has 1 unspecified atom stereocenters. The molecule has 1 amide bonds. The molecule has 4 nitrogen and oxygen atoms in total. The van der Waals surface area contributed by atoms with Gasteiger partial charge in [0.2, 0.25) is 5.91 Å². The second-order valence-corrected chi connectivity index (χ2v) is 7.15. The molecule has 21 heavy (non-hydrogen) atoms. The van der Waals surface area contributed by atoms with Crippen LogP contribution in [0.25, 0.3) is 0 Å². The number of piperidine rings is 1. The fourth-order valence-corrected chi connectivity index (χ4v) is 4.65. The molecular weight excluding hydrogens is 264 g/mol. The van der Waals surface area contributed by atoms with Gasteiger partial charge in [-0.25, -0.2) is 0 Å². The SMILES string of the molecule is CCOCC1CCCN(C(=O)[C@@]23CCCC[C@H]2CNC3)C1. The highest BCUT2D eigenvalue weighted by Crippen LogP contribution is 2.45. The lowest BCUT2D eigenvalue weighted by Gasteiger charge is -2.43. The van der Waals surface area contributed by atoms with Crippen LogP contribution in [-0.4, -0.2) is 50.2 Å². The largest absolute Gasteiger partial charge is 0.381 e. The Balaban J connectivity index is 1.66. The van der Waals surface area contributed by atoms with Crippen molar-refractivity contribution >= 4 is 5.91 Å². The Bertz CT molecular complexity index is 374. The molecule has 0 aromatic carbocycles. The smallest absolute Gasteiger partial charge is 0.230 e. The molecule has 3 fully saturated rings. The van der Waals surface area contributed by atoms with Crippen molar-refractivity contribution in [3.63, 3.8) is 0 Å². The molecule has 0 radical (unpaired) electrons. The van der Waals surface area contributed by atoms with Crippen molar-refractivity contribution < 1.29 is 9.53 Å². The van der Waals surface area contributed by atoms with E-state index in [0.717, 1.165) is 52.2 Å². The maximum absolute atomic E-state index is 13.2. The van der Waals surface area contributed by atoms with Gasteiger partial charge in [0.15, 0.2) is 0 Å². The monoisotopic (exact) mass is 294 g/mol. The summed E-state index contributed by atoms with van der Waals surface area (Å²) in [7, 11) is 0. The molecule has 4 heteroatoms. The summed E-state index contributed by atoms with van der Waals surface area (Å²) in [5, 5.41) is 3.50. The summed E-state index contributed by atoms with van der Waals surface area (Å²) in [5.41, 5.74) is -0.0776. The maximum Gasteiger partial charge on any atom is 0.230 e. The highest BCUT2D eigenvalue weighted by molar-refractivity contribution is 5.84. The van der Waals surface area contributed by atoms with Crippen molar-refractivity contribution in [3.8, 4) is 0 Å². The lowest BCUT2D eigenvalue weighted by molar-refractivity contribution is -0.147. The van der Waals surface area contributed by atoms with Crippen LogP contribution in [0.1, 0.15) is 45.4 Å². The van der Waals surface area contributed by atoms with Gasteiger partial charge in [0.25, 0.3) is 0 Å². The number of fused-ring (bicyclic) bond motifs is 1. The van der Waals surface area contributed by atoms with Crippen LogP contribution in [0.4, 0.5) is 0 Å². The minimum Gasteiger partial charge on any atom is -0.381 e. The van der Waals surface area contributed by atoms with Crippen molar-refractivity contribution in [3.05, 3.63) is 0 Å². The predicted molar refractivity (Wildman–Crippen MR) is 83.1 cm³/mol. The van der Waals surface area contributed by atoms with Gasteiger partial charge in [-0.1, -0.05) is 12.8 Å². The van der Waals surface area contributed by atoms with Gasteiger partial charge in [0.1, 0.15) is 0 Å². The standard InChI is InChI=1S/C17H30N2O2/c1-2-21-12-14-6-5-9-19(11-14)16(20)17-8-4-3-7-15(17)10-18-13-17/h14-15,18H,2-13H2,1H3/t14?,15-,17+/m0/s1. The molecule has 2 aliphatic heterocycles. The van der Waals surface area contributed by atoms with E-state index in [2.05, 4.69) is 10.2 Å². The first-order chi connectivity index (χ1) is 10.3. The zero-order valence-electron chi connectivity index (χ0n) is 13.4. The summed E-state index contributed by atoms with van der Waals surface area (Å²) in [6.07, 6.45) is 7.19. The Morgan fingerprint density at radius 2 is 2.24 bits per heavy atom. The third kappa shape index (κ3) is 2.98. The number of ether oxygens (including phenoxy) is 1. The van der Waals surface area contributed by atoms with Crippen molar-refractivity contribution in [1.82, 2.24) is 10.2 Å². The van der Waals surface area contributed by atoms with Crippen LogP contribution in [0.2, 0.25) is 0 Å². The third-order valence-electron chi connectivity index (χ3n) is 5.83. The van der Waals surface area contributed by atoms with Gasteiger partial charge in [0, 0.05) is 26.2 Å². The minimum absolute atomic E-state index is 0.0776. The Kier molecular flexibility index (Phi) is 4.85. The fourth-order valence-electron chi connectivity index (χ4n) is 4.65. The van der Waals surface area contributed by atoms with Crippen molar-refractivity contribution in [2.75, 3.05) is 39.4 Å². The van der Waals surface area contributed by atoms with Crippen LogP contribution in [0.5, 0.6) is 0 Å². The van der Waals surface area contributed by atoms with Gasteiger partial charge >= 0.3 is 0 Å². The molecule has 1 aliphatic carbocycles. The van der Waals surface area contributed by atoms with Gasteiger partial charge in [-0.2, -0.15) is 0 Å². The predicted octanol–water partition coefficient (Wildman–Crippen LogP) is 2.04. The topological polar surface area (TPSA) is 41.6 Å². The van der Waals surface area contributed by atoms with E-state index in [1.165, 1.54) is 25.7 Å². The summed E-state index contributed by atoms with van der Waals surface area (Å²) in [5.74, 6) is 1.56. The average Bonchev–Trinajstić information content (AvgIpc) is 2.97. The molecule has 0 bridgehead atoms. The van der Waals surface area contributed by atoms with Crippen LogP contribution in [0.3, 0.4) is 0 Å². The second-order valence-electron chi connectivity index (χ2n) is 7.15. The van der Waals surface area contributed by atoms with E-state index in [1.807, 2.05) is 6.92 Å². The summed E-state index contributed by atoms with van der Waals surface area (Å²) in [6.45, 7) is 7.45. The highest BCUT2D eigenvalue weighted by Gasteiger charge is 2.51. The molecule has 0 spiro atoms. The van der Waals surface area contributed by atoms with Gasteiger partial charge in [-0.15, -0.1) is 0 Å². The zero-order chi connectivity index (χ0) is 14.7. The number of nitrogens with one attached hydrogen (secondary N) is 1. The molecule has 3 aliphatic rings. The van der Waals surface area contributed by atoms with E-state index in [4.69, 9.17) is 4.74 Å². The van der Waals surface area contributed by atoms with Gasteiger partial charge < -0.3 is 15.0 Å². The lowest BCUT2D eigenvalue weighted by Crippen LogP contribution is -2.52. The summed E-state index contributed by atoms with van der Waals surface area (Å²) < 4.78 is 5.58. The Morgan fingerprint density at radius 3 is 3.10 bits per heavy atom. The molecule has 0 aromatic rings.